The highest BCUT2D eigenvalue weighted by Gasteiger charge is 2.34. The van der Waals surface area contributed by atoms with E-state index >= 15 is 0 Å². The van der Waals surface area contributed by atoms with Gasteiger partial charge in [-0.25, -0.2) is 4.79 Å². The Kier molecular flexibility index (Phi) is 5.62. The van der Waals surface area contributed by atoms with Crippen LogP contribution in [0.3, 0.4) is 0 Å². The molecular weight excluding hydrogens is 416 g/mol. The van der Waals surface area contributed by atoms with E-state index in [0.717, 1.165) is 25.1 Å². The molecule has 1 fully saturated rings. The first-order valence-electron chi connectivity index (χ1n) is 11.0. The average molecular weight is 441 g/mol. The van der Waals surface area contributed by atoms with Crippen LogP contribution in [0.15, 0.2) is 90.5 Å². The van der Waals surface area contributed by atoms with Gasteiger partial charge in [0.1, 0.15) is 17.5 Å². The van der Waals surface area contributed by atoms with Crippen LogP contribution in [0.1, 0.15) is 18.9 Å². The van der Waals surface area contributed by atoms with Crippen molar-refractivity contribution < 1.29 is 9.53 Å². The lowest BCUT2D eigenvalue weighted by atomic mass is 10.0. The molecule has 1 saturated heterocycles. The monoisotopic (exact) mass is 440 g/mol. The van der Waals surface area contributed by atoms with Crippen molar-refractivity contribution in [2.75, 3.05) is 6.54 Å². The molecule has 2 aromatic heterocycles. The van der Waals surface area contributed by atoms with E-state index in [1.165, 1.54) is 6.08 Å². The maximum Gasteiger partial charge on any atom is 0.334 e. The zero-order chi connectivity index (χ0) is 22.8. The van der Waals surface area contributed by atoms with Gasteiger partial charge in [0.2, 0.25) is 0 Å². The molecule has 4 aromatic rings. The maximum absolute atomic E-state index is 13.7. The number of allylic oxidation sites excluding steroid dienone is 1. The summed E-state index contributed by atoms with van der Waals surface area (Å²) in [6.45, 7) is 4.49. The van der Waals surface area contributed by atoms with E-state index < -0.39 is 6.04 Å². The van der Waals surface area contributed by atoms with Gasteiger partial charge in [0.05, 0.1) is 22.9 Å². The SMILES string of the molecule is C=CC(=O)C(C1CCCN1)n1c(=O)n(-c2ccc(Oc3ccccc3)cc2)c2cnccc21. The largest absolute Gasteiger partial charge is 0.457 e. The summed E-state index contributed by atoms with van der Waals surface area (Å²) >= 11 is 0. The van der Waals surface area contributed by atoms with E-state index in [-0.39, 0.29) is 17.5 Å². The van der Waals surface area contributed by atoms with Crippen LogP contribution in [0, 0.1) is 0 Å². The molecule has 7 nitrogen and oxygen atoms in total. The predicted octanol–water partition coefficient (Wildman–Crippen LogP) is 4.03. The predicted molar refractivity (Wildman–Crippen MR) is 127 cm³/mol. The van der Waals surface area contributed by atoms with Crippen LogP contribution in [0.25, 0.3) is 16.7 Å². The molecule has 5 rings (SSSR count). The normalized spacial score (nSPS) is 16.5. The molecule has 0 aliphatic carbocycles. The Morgan fingerprint density at radius 1 is 1.09 bits per heavy atom. The molecule has 1 N–H and O–H groups in total. The molecule has 2 aromatic carbocycles. The lowest BCUT2D eigenvalue weighted by molar-refractivity contribution is -0.118. The van der Waals surface area contributed by atoms with E-state index in [4.69, 9.17) is 4.74 Å². The lowest BCUT2D eigenvalue weighted by Gasteiger charge is -2.22. The zero-order valence-corrected chi connectivity index (χ0v) is 18.1. The number of hydrogen-bond donors (Lipinski definition) is 1. The number of imidazole rings is 1. The molecule has 3 heterocycles. The van der Waals surface area contributed by atoms with Crippen LogP contribution in [-0.2, 0) is 4.79 Å². The Morgan fingerprint density at radius 2 is 1.85 bits per heavy atom. The third-order valence-electron chi connectivity index (χ3n) is 6.00. The standard InChI is InChI=1S/C26H24N4O3/c1-2-24(31)25(21-9-6-15-28-21)30-22-14-16-27-17-23(22)29(26(30)32)18-10-12-20(13-11-18)33-19-7-4-3-5-8-19/h2-5,7-8,10-14,16-17,21,25,28H,1,6,9,15H2. The van der Waals surface area contributed by atoms with Gasteiger partial charge in [-0.15, -0.1) is 0 Å². The number of hydrogen-bond acceptors (Lipinski definition) is 5. The fraction of sp³-hybridized carbons (Fsp3) is 0.192. The summed E-state index contributed by atoms with van der Waals surface area (Å²) in [5.74, 6) is 1.21. The molecule has 2 unspecified atom stereocenters. The average Bonchev–Trinajstić information content (AvgIpc) is 3.48. The second kappa shape index (κ2) is 8.88. The van der Waals surface area contributed by atoms with Gasteiger partial charge < -0.3 is 10.1 Å². The zero-order valence-electron chi connectivity index (χ0n) is 18.1. The van der Waals surface area contributed by atoms with Gasteiger partial charge in [-0.1, -0.05) is 24.8 Å². The topological polar surface area (TPSA) is 78.2 Å². The molecule has 0 amide bonds. The van der Waals surface area contributed by atoms with Crippen molar-refractivity contribution in [2.45, 2.75) is 24.9 Å². The number of nitrogens with one attached hydrogen (secondary N) is 1. The second-order valence-electron chi connectivity index (χ2n) is 8.02. The minimum Gasteiger partial charge on any atom is -0.457 e. The number of rotatable bonds is 7. The molecule has 1 aliphatic heterocycles. The molecule has 7 heteroatoms. The van der Waals surface area contributed by atoms with Crippen molar-refractivity contribution in [3.8, 4) is 17.2 Å². The highest BCUT2D eigenvalue weighted by Crippen LogP contribution is 2.27. The minimum absolute atomic E-state index is 0.123. The number of ether oxygens (including phenoxy) is 1. The molecule has 0 radical (unpaired) electrons. The number of carbonyl (C=O) groups is 1. The van der Waals surface area contributed by atoms with Crippen LogP contribution in [0.4, 0.5) is 0 Å². The maximum atomic E-state index is 13.7. The highest BCUT2D eigenvalue weighted by atomic mass is 16.5. The van der Waals surface area contributed by atoms with Crippen molar-refractivity contribution in [1.82, 2.24) is 19.4 Å². The van der Waals surface area contributed by atoms with Crippen LogP contribution in [0.5, 0.6) is 11.5 Å². The Hall–Kier alpha value is -3.97. The van der Waals surface area contributed by atoms with Crippen LogP contribution in [-0.4, -0.2) is 32.5 Å². The molecular formula is C26H24N4O3. The number of pyridine rings is 1. The third-order valence-corrected chi connectivity index (χ3v) is 6.00. The highest BCUT2D eigenvalue weighted by molar-refractivity contribution is 5.94. The third kappa shape index (κ3) is 3.87. The first-order valence-corrected chi connectivity index (χ1v) is 11.0. The fourth-order valence-electron chi connectivity index (χ4n) is 4.48. The molecule has 2 atom stereocenters. The van der Waals surface area contributed by atoms with Crippen molar-refractivity contribution in [2.24, 2.45) is 0 Å². The van der Waals surface area contributed by atoms with Crippen molar-refractivity contribution in [1.29, 1.82) is 0 Å². The quantitative estimate of drug-likeness (QED) is 0.439. The Morgan fingerprint density at radius 3 is 2.55 bits per heavy atom. The summed E-state index contributed by atoms with van der Waals surface area (Å²) < 4.78 is 9.05. The van der Waals surface area contributed by atoms with Crippen LogP contribution in [0.2, 0.25) is 0 Å². The number of fused-ring (bicyclic) bond motifs is 1. The van der Waals surface area contributed by atoms with E-state index in [1.54, 1.807) is 27.6 Å². The van der Waals surface area contributed by atoms with Gasteiger partial charge in [-0.2, -0.15) is 0 Å². The van der Waals surface area contributed by atoms with E-state index in [9.17, 15) is 9.59 Å². The first-order chi connectivity index (χ1) is 16.2. The second-order valence-corrected chi connectivity index (χ2v) is 8.02. The summed E-state index contributed by atoms with van der Waals surface area (Å²) in [4.78, 5) is 30.9. The molecule has 1 aliphatic rings. The summed E-state index contributed by atoms with van der Waals surface area (Å²) in [6, 6.07) is 17.8. The minimum atomic E-state index is -0.663. The van der Waals surface area contributed by atoms with Gasteiger partial charge >= 0.3 is 5.69 Å². The van der Waals surface area contributed by atoms with Crippen LogP contribution < -0.4 is 15.7 Å². The van der Waals surface area contributed by atoms with Gasteiger partial charge in [-0.3, -0.25) is 18.9 Å². The van der Waals surface area contributed by atoms with Crippen LogP contribution >= 0.6 is 0 Å². The molecule has 33 heavy (non-hydrogen) atoms. The summed E-state index contributed by atoms with van der Waals surface area (Å²) in [5.41, 5.74) is 1.68. The van der Waals surface area contributed by atoms with E-state index in [2.05, 4.69) is 16.9 Å². The van der Waals surface area contributed by atoms with Crippen molar-refractivity contribution in [3.63, 3.8) is 0 Å². The number of aromatic nitrogens is 3. The number of para-hydroxylation sites is 1. The Labute approximate surface area is 191 Å². The number of nitrogens with zero attached hydrogens (tertiary/aromatic N) is 3. The summed E-state index contributed by atoms with van der Waals surface area (Å²) in [6.07, 6.45) is 6.37. The van der Waals surface area contributed by atoms with Gasteiger partial charge in [0.15, 0.2) is 5.78 Å². The number of benzene rings is 2. The lowest BCUT2D eigenvalue weighted by Crippen LogP contribution is -2.41. The molecule has 166 valence electrons. The fourth-order valence-corrected chi connectivity index (χ4v) is 4.48. The summed E-state index contributed by atoms with van der Waals surface area (Å²) in [5, 5.41) is 3.37. The Bertz CT molecular complexity index is 1350. The smallest absolute Gasteiger partial charge is 0.334 e. The molecule has 0 spiro atoms. The van der Waals surface area contributed by atoms with Gasteiger partial charge in [-0.05, 0) is 67.9 Å². The van der Waals surface area contributed by atoms with E-state index in [0.29, 0.717) is 22.5 Å². The summed E-state index contributed by atoms with van der Waals surface area (Å²) in [7, 11) is 0. The van der Waals surface area contributed by atoms with Gasteiger partial charge in [0.25, 0.3) is 0 Å². The van der Waals surface area contributed by atoms with E-state index in [1.807, 2.05) is 54.6 Å². The Balaban J connectivity index is 1.60. The first kappa shape index (κ1) is 20.9. The number of ketones is 1. The molecule has 0 bridgehead atoms. The molecule has 0 saturated carbocycles. The van der Waals surface area contributed by atoms with Gasteiger partial charge in [0, 0.05) is 12.2 Å². The number of carbonyl (C=O) groups excluding carboxylic acids is 1. The van der Waals surface area contributed by atoms with Crippen molar-refractivity contribution >= 4 is 16.8 Å². The van der Waals surface area contributed by atoms with Crippen molar-refractivity contribution in [3.05, 3.63) is 96.2 Å².